The Morgan fingerprint density at radius 2 is 1.21 bits per heavy atom. The zero-order valence-electron chi connectivity index (χ0n) is 22.7. The van der Waals surface area contributed by atoms with Crippen molar-refractivity contribution >= 4 is 3.76 Å². The Hall–Kier alpha value is -1.34. The molecule has 0 aliphatic heterocycles. The van der Waals surface area contributed by atoms with Crippen molar-refractivity contribution in [3.05, 3.63) is 83.0 Å². The van der Waals surface area contributed by atoms with Crippen LogP contribution in [0.3, 0.4) is 0 Å². The molecule has 0 aromatic heterocycles. The first-order chi connectivity index (χ1) is 15.8. The summed E-state index contributed by atoms with van der Waals surface area (Å²) in [5, 5.41) is 0. The van der Waals surface area contributed by atoms with Crippen molar-refractivity contribution in [1.82, 2.24) is 0 Å². The summed E-state index contributed by atoms with van der Waals surface area (Å²) in [6.07, 6.45) is 13.9. The Kier molecular flexibility index (Phi) is 5.61. The molecular weight excluding hydrogens is 575 g/mol. The molecule has 180 valence electrons. The van der Waals surface area contributed by atoms with Crippen LogP contribution in [0.25, 0.3) is 11.1 Å². The summed E-state index contributed by atoms with van der Waals surface area (Å²) >= 11 is -3.72. The van der Waals surface area contributed by atoms with Crippen molar-refractivity contribution in [3.63, 3.8) is 0 Å². The van der Waals surface area contributed by atoms with Gasteiger partial charge in [-0.3, -0.25) is 0 Å². The third-order valence-electron chi connectivity index (χ3n) is 9.37. The summed E-state index contributed by atoms with van der Waals surface area (Å²) in [7, 11) is 0. The van der Waals surface area contributed by atoms with E-state index in [1.165, 1.54) is 41.5 Å². The molecule has 0 bridgehead atoms. The molecule has 0 saturated heterocycles. The molecule has 3 aliphatic rings. The first-order valence-electron chi connectivity index (χ1n) is 13.5. The topological polar surface area (TPSA) is 0 Å². The second kappa shape index (κ2) is 7.83. The van der Waals surface area contributed by atoms with Gasteiger partial charge in [0.2, 0.25) is 0 Å². The number of hydrogen-bond donors (Lipinski definition) is 0. The van der Waals surface area contributed by atoms with E-state index in [9.17, 15) is 0 Å². The predicted molar refractivity (Wildman–Crippen MR) is 148 cm³/mol. The summed E-state index contributed by atoms with van der Waals surface area (Å²) in [5.74, 6) is 0.817. The van der Waals surface area contributed by atoms with E-state index in [1.54, 1.807) is 11.1 Å². The Morgan fingerprint density at radius 3 is 1.59 bits per heavy atom. The van der Waals surface area contributed by atoms with Crippen molar-refractivity contribution in [3.8, 4) is 11.1 Å². The molecule has 1 saturated carbocycles. The van der Waals surface area contributed by atoms with Gasteiger partial charge in [0.25, 0.3) is 0 Å². The molecule has 0 nitrogen and oxygen atoms in total. The van der Waals surface area contributed by atoms with E-state index in [0.717, 1.165) is 5.92 Å². The van der Waals surface area contributed by atoms with E-state index in [1.807, 2.05) is 0 Å². The molecule has 0 radical (unpaired) electrons. The van der Waals surface area contributed by atoms with Crippen LogP contribution in [-0.4, -0.2) is 3.76 Å². The zero-order chi connectivity index (χ0) is 24.5. The van der Waals surface area contributed by atoms with Crippen LogP contribution >= 0.6 is 0 Å². The predicted octanol–water partition coefficient (Wildman–Crippen LogP) is 9.65. The van der Waals surface area contributed by atoms with Gasteiger partial charge in [-0.15, -0.1) is 0 Å². The summed E-state index contributed by atoms with van der Waals surface area (Å²) < 4.78 is 9.74. The number of benzene rings is 2. The van der Waals surface area contributed by atoms with Gasteiger partial charge >= 0.3 is 210 Å². The van der Waals surface area contributed by atoms with Crippen LogP contribution in [0, 0.1) is 5.92 Å². The van der Waals surface area contributed by atoms with E-state index in [-0.39, 0.29) is 10.8 Å². The minimum absolute atomic E-state index is 0.156. The number of allylic oxidation sites excluding steroid dienone is 4. The molecular formula is C33H44Hf. The zero-order valence-corrected chi connectivity index (χ0v) is 26.3. The fourth-order valence-corrected chi connectivity index (χ4v) is 30.3. The van der Waals surface area contributed by atoms with Gasteiger partial charge in [0.15, 0.2) is 0 Å². The SMILES string of the molecule is CC(C)(C)c1ccc2c(c1)[CH]([Hf]([CH3])([CH3])(=[CH]C1CCC1)[CH]1C=CC=C1)c1cc(C(C)(C)C)ccc1-2. The second-order valence-corrected chi connectivity index (χ2v) is 39.7. The number of hydrogen-bond acceptors (Lipinski definition) is 0. The van der Waals surface area contributed by atoms with Crippen LogP contribution in [0.5, 0.6) is 0 Å². The van der Waals surface area contributed by atoms with Crippen LogP contribution in [0.4, 0.5) is 0 Å². The van der Waals surface area contributed by atoms with Crippen molar-refractivity contribution in [1.29, 1.82) is 0 Å². The molecule has 34 heavy (non-hydrogen) atoms. The van der Waals surface area contributed by atoms with E-state index in [0.29, 0.717) is 7.35 Å². The number of fused-ring (bicyclic) bond motifs is 3. The average molecular weight is 619 g/mol. The van der Waals surface area contributed by atoms with Gasteiger partial charge < -0.3 is 0 Å². The first-order valence-corrected chi connectivity index (χ1v) is 26.9. The van der Waals surface area contributed by atoms with Gasteiger partial charge in [0.1, 0.15) is 0 Å². The quantitative estimate of drug-likeness (QED) is 0.301. The van der Waals surface area contributed by atoms with Crippen LogP contribution < -0.4 is 0 Å². The van der Waals surface area contributed by atoms with Gasteiger partial charge in [-0.2, -0.15) is 0 Å². The maximum absolute atomic E-state index is 3.72. The third kappa shape index (κ3) is 3.85. The summed E-state index contributed by atoms with van der Waals surface area (Å²) in [6, 6.07) is 14.9. The van der Waals surface area contributed by atoms with Crippen LogP contribution in [0.15, 0.2) is 60.7 Å². The maximum atomic E-state index is 3.00. The van der Waals surface area contributed by atoms with Gasteiger partial charge in [-0.25, -0.2) is 0 Å². The van der Waals surface area contributed by atoms with Gasteiger partial charge in [-0.1, -0.05) is 0 Å². The molecule has 0 spiro atoms. The summed E-state index contributed by atoms with van der Waals surface area (Å²) in [4.78, 5) is 0. The summed E-state index contributed by atoms with van der Waals surface area (Å²) in [5.41, 5.74) is 9.49. The standard InChI is InChI=1S/C21H25.C5H8.C5H5.2CH3.Hf/c1-20(2,3)16-7-9-18-14(12-16)11-15-13-17(21(4,5)6)8-10-19(15)18;1-5-3-2-4-5;1-2-4-5-3-1;;;/h7-13H,1-6H3;1,5H,2-4H2;1-5H;2*1H3;. The molecule has 2 aromatic carbocycles. The molecule has 2 aromatic rings. The van der Waals surface area contributed by atoms with Gasteiger partial charge in [0, 0.05) is 0 Å². The van der Waals surface area contributed by atoms with Crippen molar-refractivity contribution in [2.45, 2.75) is 88.3 Å². The Bertz CT molecular complexity index is 1180. The normalized spacial score (nSPS) is 19.3. The Balaban J connectivity index is 1.84. The summed E-state index contributed by atoms with van der Waals surface area (Å²) in [6.45, 7) is 14.2. The van der Waals surface area contributed by atoms with Crippen LogP contribution in [-0.2, 0) is 28.8 Å². The number of rotatable bonds is 3. The van der Waals surface area contributed by atoms with Crippen LogP contribution in [0.2, 0.25) is 13.0 Å². The Morgan fingerprint density at radius 1 is 0.735 bits per heavy atom. The minimum atomic E-state index is -3.72. The third-order valence-corrected chi connectivity index (χ3v) is 32.6. The molecule has 5 rings (SSSR count). The molecule has 0 amide bonds. The van der Waals surface area contributed by atoms with E-state index in [2.05, 4.69) is 115 Å². The van der Waals surface area contributed by atoms with Crippen molar-refractivity contribution in [2.24, 2.45) is 5.92 Å². The molecule has 1 heteroatoms. The molecule has 0 unspecified atom stereocenters. The van der Waals surface area contributed by atoms with E-state index >= 15 is 0 Å². The molecule has 1 fully saturated rings. The molecule has 0 N–H and O–H groups in total. The van der Waals surface area contributed by atoms with Crippen molar-refractivity contribution < 1.29 is 18.0 Å². The van der Waals surface area contributed by atoms with Crippen LogP contribution in [0.1, 0.15) is 86.7 Å². The average Bonchev–Trinajstić information content (AvgIpc) is 3.36. The van der Waals surface area contributed by atoms with Gasteiger partial charge in [0.05, 0.1) is 0 Å². The molecule has 0 heterocycles. The monoisotopic (exact) mass is 620 g/mol. The van der Waals surface area contributed by atoms with Crippen molar-refractivity contribution in [2.75, 3.05) is 0 Å². The fraction of sp³-hybridized carbons (Fsp3) is 0.485. The molecule has 3 aliphatic carbocycles. The van der Waals surface area contributed by atoms with Gasteiger partial charge in [-0.05, 0) is 0 Å². The van der Waals surface area contributed by atoms with E-state index < -0.39 is 18.0 Å². The fourth-order valence-electron chi connectivity index (χ4n) is 6.96. The Labute approximate surface area is 209 Å². The first kappa shape index (κ1) is 24.4. The second-order valence-electron chi connectivity index (χ2n) is 14.4. The van der Waals surface area contributed by atoms with E-state index in [4.69, 9.17) is 0 Å². The molecule has 0 atom stereocenters.